The van der Waals surface area contributed by atoms with E-state index < -0.39 is 0 Å². The fourth-order valence-electron chi connectivity index (χ4n) is 2.84. The van der Waals surface area contributed by atoms with Gasteiger partial charge < -0.3 is 10.6 Å². The number of aromatic nitrogens is 1. The molecule has 1 aliphatic heterocycles. The molecule has 21 heavy (non-hydrogen) atoms. The van der Waals surface area contributed by atoms with Gasteiger partial charge in [-0.2, -0.15) is 0 Å². The number of likely N-dealkylation sites (tertiary alicyclic amines) is 1. The van der Waals surface area contributed by atoms with Gasteiger partial charge in [-0.25, -0.2) is 4.98 Å². The maximum absolute atomic E-state index is 12.3. The lowest BCUT2D eigenvalue weighted by Crippen LogP contribution is -2.32. The van der Waals surface area contributed by atoms with E-state index in [0.717, 1.165) is 12.2 Å². The number of aryl methyl sites for hydroxylation is 1. The number of carbonyl (C=O) groups excluding carboxylic acids is 1. The second-order valence-electron chi connectivity index (χ2n) is 5.46. The standard InChI is InChI=1S/C16H19N3OS/c17-15-9-19(8-14(15)12-4-2-1-3-5-12)16(20)7-6-13-10-21-11-18-13/h1-5,10-11,14-15H,6-9,17H2/t14-,15+/m0/s1. The summed E-state index contributed by atoms with van der Waals surface area (Å²) in [6.45, 7) is 1.37. The van der Waals surface area contributed by atoms with Crippen molar-refractivity contribution in [3.63, 3.8) is 0 Å². The SMILES string of the molecule is N[C@@H]1CN(C(=O)CCc2cscn2)C[C@H]1c1ccccc1. The van der Waals surface area contributed by atoms with Crippen LogP contribution in [0.25, 0.3) is 0 Å². The predicted molar refractivity (Wildman–Crippen MR) is 84.2 cm³/mol. The third-order valence-corrected chi connectivity index (χ3v) is 4.66. The lowest BCUT2D eigenvalue weighted by Gasteiger charge is -2.16. The molecule has 1 aliphatic rings. The Bertz CT molecular complexity index is 585. The Kier molecular flexibility index (Phi) is 4.31. The van der Waals surface area contributed by atoms with Crippen molar-refractivity contribution in [1.29, 1.82) is 0 Å². The van der Waals surface area contributed by atoms with E-state index in [9.17, 15) is 4.79 Å². The Morgan fingerprint density at radius 3 is 2.86 bits per heavy atom. The van der Waals surface area contributed by atoms with Gasteiger partial charge >= 0.3 is 0 Å². The molecule has 110 valence electrons. The van der Waals surface area contributed by atoms with Crippen molar-refractivity contribution >= 4 is 17.2 Å². The van der Waals surface area contributed by atoms with E-state index in [-0.39, 0.29) is 17.9 Å². The van der Waals surface area contributed by atoms with Gasteiger partial charge in [0.25, 0.3) is 0 Å². The smallest absolute Gasteiger partial charge is 0.223 e. The highest BCUT2D eigenvalue weighted by atomic mass is 32.1. The molecule has 3 rings (SSSR count). The van der Waals surface area contributed by atoms with Gasteiger partial charge in [-0.1, -0.05) is 30.3 Å². The number of benzene rings is 1. The second kappa shape index (κ2) is 6.37. The van der Waals surface area contributed by atoms with Crippen molar-refractivity contribution in [3.05, 3.63) is 52.5 Å². The summed E-state index contributed by atoms with van der Waals surface area (Å²) in [5.74, 6) is 0.423. The molecule has 0 saturated carbocycles. The molecule has 2 N–H and O–H groups in total. The highest BCUT2D eigenvalue weighted by molar-refractivity contribution is 7.07. The first-order valence-corrected chi connectivity index (χ1v) is 8.13. The Hall–Kier alpha value is -1.72. The minimum Gasteiger partial charge on any atom is -0.340 e. The molecule has 2 atom stereocenters. The van der Waals surface area contributed by atoms with Crippen LogP contribution in [0.5, 0.6) is 0 Å². The average molecular weight is 301 g/mol. The van der Waals surface area contributed by atoms with Gasteiger partial charge in [0.2, 0.25) is 5.91 Å². The molecule has 1 fully saturated rings. The molecule has 5 heteroatoms. The molecule has 2 aromatic rings. The van der Waals surface area contributed by atoms with Gasteiger partial charge in [0.05, 0.1) is 11.2 Å². The van der Waals surface area contributed by atoms with Gasteiger partial charge in [0.1, 0.15) is 0 Å². The molecule has 0 unspecified atom stereocenters. The quantitative estimate of drug-likeness (QED) is 0.940. The maximum Gasteiger partial charge on any atom is 0.223 e. The van der Waals surface area contributed by atoms with Crippen molar-refractivity contribution in [1.82, 2.24) is 9.88 Å². The zero-order valence-electron chi connectivity index (χ0n) is 11.8. The van der Waals surface area contributed by atoms with Crippen LogP contribution in [0.4, 0.5) is 0 Å². The zero-order chi connectivity index (χ0) is 14.7. The van der Waals surface area contributed by atoms with Crippen LogP contribution in [0.3, 0.4) is 0 Å². The number of carbonyl (C=O) groups is 1. The van der Waals surface area contributed by atoms with E-state index in [2.05, 4.69) is 17.1 Å². The molecule has 1 aromatic carbocycles. The minimum absolute atomic E-state index is 0.0237. The number of hydrogen-bond donors (Lipinski definition) is 1. The van der Waals surface area contributed by atoms with E-state index in [1.165, 1.54) is 5.56 Å². The van der Waals surface area contributed by atoms with Crippen molar-refractivity contribution in [2.45, 2.75) is 24.8 Å². The summed E-state index contributed by atoms with van der Waals surface area (Å²) in [5.41, 5.74) is 10.2. The molecular weight excluding hydrogens is 282 g/mol. The Morgan fingerprint density at radius 1 is 1.33 bits per heavy atom. The van der Waals surface area contributed by atoms with Crippen LogP contribution < -0.4 is 5.73 Å². The van der Waals surface area contributed by atoms with Crippen LogP contribution in [-0.2, 0) is 11.2 Å². The van der Waals surface area contributed by atoms with E-state index in [0.29, 0.717) is 19.4 Å². The van der Waals surface area contributed by atoms with E-state index in [1.807, 2.05) is 28.5 Å². The fourth-order valence-corrected chi connectivity index (χ4v) is 3.43. The third kappa shape index (κ3) is 3.31. The van der Waals surface area contributed by atoms with E-state index in [1.54, 1.807) is 16.8 Å². The zero-order valence-corrected chi connectivity index (χ0v) is 12.6. The Balaban J connectivity index is 1.59. The summed E-state index contributed by atoms with van der Waals surface area (Å²) >= 11 is 1.57. The van der Waals surface area contributed by atoms with Crippen molar-refractivity contribution in [2.24, 2.45) is 5.73 Å². The van der Waals surface area contributed by atoms with Crippen molar-refractivity contribution in [3.8, 4) is 0 Å². The number of hydrogen-bond acceptors (Lipinski definition) is 4. The Morgan fingerprint density at radius 2 is 2.14 bits per heavy atom. The molecule has 4 nitrogen and oxygen atoms in total. The molecule has 0 aliphatic carbocycles. The average Bonchev–Trinajstić information content (AvgIpc) is 3.15. The van der Waals surface area contributed by atoms with Crippen LogP contribution in [0.15, 0.2) is 41.2 Å². The lowest BCUT2D eigenvalue weighted by atomic mass is 9.95. The molecule has 0 bridgehead atoms. The minimum atomic E-state index is 0.0237. The highest BCUT2D eigenvalue weighted by Gasteiger charge is 2.33. The monoisotopic (exact) mass is 301 g/mol. The largest absolute Gasteiger partial charge is 0.340 e. The van der Waals surface area contributed by atoms with Crippen LogP contribution in [-0.4, -0.2) is 34.9 Å². The molecule has 0 radical (unpaired) electrons. The van der Waals surface area contributed by atoms with E-state index >= 15 is 0 Å². The lowest BCUT2D eigenvalue weighted by molar-refractivity contribution is -0.130. The molecule has 1 aromatic heterocycles. The number of nitrogens with zero attached hydrogens (tertiary/aromatic N) is 2. The molecule has 2 heterocycles. The molecule has 0 spiro atoms. The van der Waals surface area contributed by atoms with E-state index in [4.69, 9.17) is 5.73 Å². The summed E-state index contributed by atoms with van der Waals surface area (Å²) in [7, 11) is 0. The van der Waals surface area contributed by atoms with Gasteiger partial charge in [0, 0.05) is 36.9 Å². The van der Waals surface area contributed by atoms with Gasteiger partial charge in [-0.05, 0) is 12.0 Å². The van der Waals surface area contributed by atoms with Crippen molar-refractivity contribution in [2.75, 3.05) is 13.1 Å². The van der Waals surface area contributed by atoms with Crippen molar-refractivity contribution < 1.29 is 4.79 Å². The first-order valence-electron chi connectivity index (χ1n) is 7.19. The molecule has 1 saturated heterocycles. The normalized spacial score (nSPS) is 21.7. The predicted octanol–water partition coefficient (Wildman–Crippen LogP) is 2.03. The fraction of sp³-hybridized carbons (Fsp3) is 0.375. The van der Waals surface area contributed by atoms with Crippen LogP contribution in [0.1, 0.15) is 23.6 Å². The number of rotatable bonds is 4. The van der Waals surface area contributed by atoms with Gasteiger partial charge in [0.15, 0.2) is 0 Å². The summed E-state index contributed by atoms with van der Waals surface area (Å²) < 4.78 is 0. The highest BCUT2D eigenvalue weighted by Crippen LogP contribution is 2.26. The number of thiazole rings is 1. The summed E-state index contributed by atoms with van der Waals surface area (Å²) in [5, 5.41) is 2.00. The first kappa shape index (κ1) is 14.2. The third-order valence-electron chi connectivity index (χ3n) is 4.02. The molecular formula is C16H19N3OS. The van der Waals surface area contributed by atoms with Crippen LogP contribution >= 0.6 is 11.3 Å². The summed E-state index contributed by atoms with van der Waals surface area (Å²) in [6.07, 6.45) is 1.22. The van der Waals surface area contributed by atoms with Crippen LogP contribution in [0.2, 0.25) is 0 Å². The van der Waals surface area contributed by atoms with Gasteiger partial charge in [-0.3, -0.25) is 4.79 Å². The molecule has 1 amide bonds. The second-order valence-corrected chi connectivity index (χ2v) is 6.18. The number of amides is 1. The van der Waals surface area contributed by atoms with Crippen LogP contribution in [0, 0.1) is 0 Å². The first-order chi connectivity index (χ1) is 10.2. The summed E-state index contributed by atoms with van der Waals surface area (Å²) in [6, 6.07) is 10.3. The summed E-state index contributed by atoms with van der Waals surface area (Å²) in [4.78, 5) is 18.4. The topological polar surface area (TPSA) is 59.2 Å². The van der Waals surface area contributed by atoms with Gasteiger partial charge in [-0.15, -0.1) is 11.3 Å². The number of nitrogens with two attached hydrogens (primary N) is 1. The Labute approximate surface area is 128 Å². The maximum atomic E-state index is 12.3.